The molecule has 0 spiro atoms. The van der Waals surface area contributed by atoms with Crippen LogP contribution < -0.4 is 5.56 Å². The molecule has 144 valence electrons. The molecule has 0 fully saturated rings. The van der Waals surface area contributed by atoms with Crippen LogP contribution in [0.4, 0.5) is 0 Å². The lowest BCUT2D eigenvalue weighted by Crippen LogP contribution is -2.24. The first-order valence-electron chi connectivity index (χ1n) is 8.76. The monoisotopic (exact) mass is 416 g/mol. The Morgan fingerprint density at radius 3 is 2.86 bits per heavy atom. The minimum Gasteiger partial charge on any atom is -0.467 e. The van der Waals surface area contributed by atoms with E-state index in [2.05, 4.69) is 15.1 Å². The molecule has 1 aromatic carbocycles. The molecule has 1 unspecified atom stereocenters. The Bertz CT molecular complexity index is 1170. The largest absolute Gasteiger partial charge is 0.467 e. The van der Waals surface area contributed by atoms with E-state index < -0.39 is 0 Å². The molecule has 4 rings (SSSR count). The van der Waals surface area contributed by atoms with E-state index in [1.54, 1.807) is 35.1 Å². The van der Waals surface area contributed by atoms with Crippen molar-refractivity contribution in [3.8, 4) is 0 Å². The van der Waals surface area contributed by atoms with Crippen LogP contribution in [-0.2, 0) is 13.0 Å². The van der Waals surface area contributed by atoms with Crippen LogP contribution in [0, 0.1) is 0 Å². The van der Waals surface area contributed by atoms with Crippen molar-refractivity contribution in [1.82, 2.24) is 19.7 Å². The number of aryl methyl sites for hydroxylation is 1. The lowest BCUT2D eigenvalue weighted by Gasteiger charge is -2.14. The van der Waals surface area contributed by atoms with Crippen LogP contribution in [0.15, 0.2) is 55.5 Å². The van der Waals surface area contributed by atoms with Crippen LogP contribution in [0.5, 0.6) is 0 Å². The van der Waals surface area contributed by atoms with E-state index in [1.807, 2.05) is 19.9 Å². The zero-order valence-electron chi connectivity index (χ0n) is 15.3. The maximum atomic E-state index is 13.1. The fourth-order valence-corrected chi connectivity index (χ4v) is 3.85. The predicted octanol–water partition coefficient (Wildman–Crippen LogP) is 4.49. The number of hydrogen-bond acceptors (Lipinski definition) is 7. The molecule has 0 aliphatic carbocycles. The van der Waals surface area contributed by atoms with Crippen LogP contribution >= 0.6 is 23.4 Å². The van der Waals surface area contributed by atoms with Crippen molar-refractivity contribution in [2.75, 3.05) is 0 Å². The van der Waals surface area contributed by atoms with Crippen molar-refractivity contribution < 1.29 is 8.94 Å². The van der Waals surface area contributed by atoms with Gasteiger partial charge in [-0.25, -0.2) is 4.98 Å². The van der Waals surface area contributed by atoms with Crippen molar-refractivity contribution in [3.63, 3.8) is 0 Å². The predicted molar refractivity (Wildman–Crippen MR) is 107 cm³/mol. The summed E-state index contributed by atoms with van der Waals surface area (Å²) < 4.78 is 12.4. The summed E-state index contributed by atoms with van der Waals surface area (Å²) in [5.41, 5.74) is 0.384. The van der Waals surface area contributed by atoms with Crippen LogP contribution in [0.1, 0.15) is 36.6 Å². The van der Waals surface area contributed by atoms with Gasteiger partial charge in [0.05, 0.1) is 29.0 Å². The second kappa shape index (κ2) is 7.81. The third-order valence-corrected chi connectivity index (χ3v) is 5.52. The second-order valence-corrected chi connectivity index (χ2v) is 7.93. The topological polar surface area (TPSA) is 87.0 Å². The van der Waals surface area contributed by atoms with Gasteiger partial charge in [-0.3, -0.25) is 9.36 Å². The molecule has 4 aromatic rings. The molecule has 0 saturated carbocycles. The van der Waals surface area contributed by atoms with Gasteiger partial charge in [-0.1, -0.05) is 35.4 Å². The van der Waals surface area contributed by atoms with Crippen molar-refractivity contribution in [2.45, 2.75) is 37.2 Å². The van der Waals surface area contributed by atoms with Crippen molar-refractivity contribution >= 4 is 34.3 Å². The quantitative estimate of drug-likeness (QED) is 0.338. The molecule has 28 heavy (non-hydrogen) atoms. The molecule has 7 nitrogen and oxygen atoms in total. The van der Waals surface area contributed by atoms with Gasteiger partial charge in [-0.05, 0) is 37.3 Å². The Kier molecular flexibility index (Phi) is 5.23. The lowest BCUT2D eigenvalue weighted by atomic mass is 10.2. The summed E-state index contributed by atoms with van der Waals surface area (Å²) in [6, 6.07) is 8.67. The number of aromatic nitrogens is 4. The Morgan fingerprint density at radius 1 is 1.29 bits per heavy atom. The summed E-state index contributed by atoms with van der Waals surface area (Å²) >= 11 is 7.47. The molecular weight excluding hydrogens is 400 g/mol. The Hall–Kier alpha value is -2.58. The Labute approximate surface area is 169 Å². The summed E-state index contributed by atoms with van der Waals surface area (Å²) in [4.78, 5) is 22.2. The highest BCUT2D eigenvalue weighted by Crippen LogP contribution is 2.33. The molecule has 3 heterocycles. The number of furan rings is 1. The van der Waals surface area contributed by atoms with E-state index in [-0.39, 0.29) is 17.4 Å². The average Bonchev–Trinajstić information content (AvgIpc) is 3.36. The summed E-state index contributed by atoms with van der Waals surface area (Å²) in [5.74, 6) is 1.80. The number of rotatable bonds is 6. The minimum atomic E-state index is -0.181. The first kappa shape index (κ1) is 18.8. The number of fused-ring (bicyclic) bond motifs is 1. The standard InChI is InChI=1S/C19H17ClN4O3S/c1-3-16-22-17(27-23-16)11(2)28-19-21-15-9-12(20)6-7-14(15)18(25)24(19)10-13-5-4-8-26-13/h4-9,11H,3,10H2,1-2H3. The number of nitrogens with zero attached hydrogens (tertiary/aromatic N) is 4. The van der Waals surface area contributed by atoms with Crippen molar-refractivity contribution in [3.05, 3.63) is 69.4 Å². The van der Waals surface area contributed by atoms with Gasteiger partial charge < -0.3 is 8.94 Å². The molecular formula is C19H17ClN4O3S. The van der Waals surface area contributed by atoms with E-state index in [1.165, 1.54) is 11.8 Å². The van der Waals surface area contributed by atoms with E-state index in [9.17, 15) is 4.79 Å². The van der Waals surface area contributed by atoms with Gasteiger partial charge in [0.2, 0.25) is 5.89 Å². The number of hydrogen-bond donors (Lipinski definition) is 0. The van der Waals surface area contributed by atoms with Gasteiger partial charge in [0.25, 0.3) is 5.56 Å². The first-order chi connectivity index (χ1) is 13.5. The summed E-state index contributed by atoms with van der Waals surface area (Å²) in [5, 5.41) is 5.31. The normalized spacial score (nSPS) is 12.5. The molecule has 0 amide bonds. The third kappa shape index (κ3) is 3.70. The minimum absolute atomic E-state index is 0.160. The van der Waals surface area contributed by atoms with Crippen LogP contribution in [0.3, 0.4) is 0 Å². The fraction of sp³-hybridized carbons (Fsp3) is 0.263. The number of benzene rings is 1. The van der Waals surface area contributed by atoms with Crippen molar-refractivity contribution in [2.24, 2.45) is 0 Å². The van der Waals surface area contributed by atoms with E-state index in [0.717, 1.165) is 0 Å². The molecule has 9 heteroatoms. The summed E-state index contributed by atoms with van der Waals surface area (Å²) in [7, 11) is 0. The molecule has 3 aromatic heterocycles. The average molecular weight is 417 g/mol. The summed E-state index contributed by atoms with van der Waals surface area (Å²) in [6.45, 7) is 4.17. The Morgan fingerprint density at radius 2 is 2.14 bits per heavy atom. The van der Waals surface area contributed by atoms with E-state index >= 15 is 0 Å². The van der Waals surface area contributed by atoms with Crippen LogP contribution in [0.2, 0.25) is 5.02 Å². The maximum absolute atomic E-state index is 13.1. The molecule has 0 bridgehead atoms. The molecule has 0 N–H and O–H groups in total. The second-order valence-electron chi connectivity index (χ2n) is 6.19. The highest BCUT2D eigenvalue weighted by atomic mass is 35.5. The zero-order chi connectivity index (χ0) is 19.7. The SMILES string of the molecule is CCc1noc(C(C)Sc2nc3cc(Cl)ccc3c(=O)n2Cc2ccco2)n1. The highest BCUT2D eigenvalue weighted by molar-refractivity contribution is 7.99. The molecule has 1 atom stereocenters. The van der Waals surface area contributed by atoms with Gasteiger partial charge in [0.15, 0.2) is 11.0 Å². The van der Waals surface area contributed by atoms with Gasteiger partial charge >= 0.3 is 0 Å². The molecule has 0 saturated heterocycles. The van der Waals surface area contributed by atoms with E-state index in [0.29, 0.717) is 45.0 Å². The highest BCUT2D eigenvalue weighted by Gasteiger charge is 2.20. The number of thioether (sulfide) groups is 1. The van der Waals surface area contributed by atoms with Crippen molar-refractivity contribution in [1.29, 1.82) is 0 Å². The van der Waals surface area contributed by atoms with Gasteiger partial charge in [0, 0.05) is 11.4 Å². The maximum Gasteiger partial charge on any atom is 0.262 e. The first-order valence-corrected chi connectivity index (χ1v) is 10.0. The molecule has 0 aliphatic heterocycles. The molecule has 0 aliphatic rings. The Balaban J connectivity index is 1.78. The fourth-order valence-electron chi connectivity index (χ4n) is 2.75. The number of halogens is 1. The van der Waals surface area contributed by atoms with Gasteiger partial charge in [-0.2, -0.15) is 4.98 Å². The van der Waals surface area contributed by atoms with Gasteiger partial charge in [-0.15, -0.1) is 0 Å². The molecule has 0 radical (unpaired) electrons. The smallest absolute Gasteiger partial charge is 0.262 e. The van der Waals surface area contributed by atoms with Crippen LogP contribution in [0.25, 0.3) is 10.9 Å². The summed E-state index contributed by atoms with van der Waals surface area (Å²) in [6.07, 6.45) is 2.27. The zero-order valence-corrected chi connectivity index (χ0v) is 16.8. The van der Waals surface area contributed by atoms with Gasteiger partial charge in [0.1, 0.15) is 5.76 Å². The third-order valence-electron chi connectivity index (χ3n) is 4.21. The van der Waals surface area contributed by atoms with Crippen LogP contribution in [-0.4, -0.2) is 19.7 Å². The lowest BCUT2D eigenvalue weighted by molar-refractivity contribution is 0.375. The van der Waals surface area contributed by atoms with E-state index in [4.69, 9.17) is 20.5 Å².